The van der Waals surface area contributed by atoms with Crippen LogP contribution in [-0.4, -0.2) is 30.4 Å². The third-order valence-corrected chi connectivity index (χ3v) is 5.89. The minimum atomic E-state index is 0.102. The van der Waals surface area contributed by atoms with Gasteiger partial charge in [-0.25, -0.2) is 0 Å². The van der Waals surface area contributed by atoms with E-state index in [0.717, 1.165) is 18.0 Å². The third-order valence-electron chi connectivity index (χ3n) is 4.45. The van der Waals surface area contributed by atoms with Gasteiger partial charge in [0.15, 0.2) is 0 Å². The topological polar surface area (TPSA) is 32.3 Å². The maximum absolute atomic E-state index is 11.8. The zero-order valence-electron chi connectivity index (χ0n) is 12.6. The number of benzene rings is 2. The lowest BCUT2D eigenvalue weighted by Crippen LogP contribution is -2.49. The summed E-state index contributed by atoms with van der Waals surface area (Å²) in [5.41, 5.74) is 2.56. The van der Waals surface area contributed by atoms with Crippen LogP contribution in [-0.2, 0) is 11.2 Å². The molecule has 118 valence electrons. The fourth-order valence-electron chi connectivity index (χ4n) is 3.33. The van der Waals surface area contributed by atoms with Crippen molar-refractivity contribution in [3.8, 4) is 0 Å². The monoisotopic (exact) mass is 344 g/mol. The molecule has 1 amide bonds. The SMILES string of the molecule is O=C1CN(C2Cc3ccccc3Sc3ccc(Cl)cc32)CCN1. The van der Waals surface area contributed by atoms with E-state index in [2.05, 4.69) is 46.6 Å². The Labute approximate surface area is 145 Å². The zero-order valence-corrected chi connectivity index (χ0v) is 14.2. The van der Waals surface area contributed by atoms with Crippen LogP contribution in [0, 0.1) is 0 Å². The lowest BCUT2D eigenvalue weighted by atomic mass is 9.97. The van der Waals surface area contributed by atoms with Gasteiger partial charge in [-0.1, -0.05) is 41.6 Å². The van der Waals surface area contributed by atoms with Crippen molar-refractivity contribution in [3.05, 3.63) is 58.6 Å². The molecule has 3 nitrogen and oxygen atoms in total. The molecule has 0 aromatic heterocycles. The van der Waals surface area contributed by atoms with Crippen molar-refractivity contribution in [2.75, 3.05) is 19.6 Å². The first-order chi connectivity index (χ1) is 11.2. The first kappa shape index (κ1) is 15.1. The van der Waals surface area contributed by atoms with E-state index >= 15 is 0 Å². The summed E-state index contributed by atoms with van der Waals surface area (Å²) in [7, 11) is 0. The molecule has 5 heteroatoms. The summed E-state index contributed by atoms with van der Waals surface area (Å²) in [5, 5.41) is 3.66. The van der Waals surface area contributed by atoms with Crippen LogP contribution >= 0.6 is 23.4 Å². The highest BCUT2D eigenvalue weighted by Gasteiger charge is 2.30. The molecule has 2 aliphatic rings. The van der Waals surface area contributed by atoms with Crippen molar-refractivity contribution in [1.29, 1.82) is 0 Å². The standard InChI is InChI=1S/C18H17ClN2OS/c19-13-5-6-17-14(10-13)15(21-8-7-20-18(22)11-21)9-12-3-1-2-4-16(12)23-17/h1-6,10,15H,7-9,11H2,(H,20,22). The van der Waals surface area contributed by atoms with E-state index in [1.807, 2.05) is 6.07 Å². The van der Waals surface area contributed by atoms with Crippen molar-refractivity contribution < 1.29 is 4.79 Å². The molecular formula is C18H17ClN2OS. The number of hydrogen-bond donors (Lipinski definition) is 1. The van der Waals surface area contributed by atoms with Crippen molar-refractivity contribution in [3.63, 3.8) is 0 Å². The predicted octanol–water partition coefficient (Wildman–Crippen LogP) is 3.52. The van der Waals surface area contributed by atoms with E-state index in [4.69, 9.17) is 11.6 Å². The molecule has 0 spiro atoms. The molecule has 1 saturated heterocycles. The van der Waals surface area contributed by atoms with Crippen LogP contribution in [0.5, 0.6) is 0 Å². The number of carbonyl (C=O) groups is 1. The lowest BCUT2D eigenvalue weighted by molar-refractivity contribution is -0.124. The van der Waals surface area contributed by atoms with Gasteiger partial charge in [0.2, 0.25) is 5.91 Å². The number of fused-ring (bicyclic) bond motifs is 2. The molecule has 2 heterocycles. The summed E-state index contributed by atoms with van der Waals surface area (Å²) >= 11 is 8.06. The molecule has 1 fully saturated rings. The fourth-order valence-corrected chi connectivity index (χ4v) is 4.63. The minimum absolute atomic E-state index is 0.102. The van der Waals surface area contributed by atoms with E-state index in [1.54, 1.807) is 11.8 Å². The molecule has 1 N–H and O–H groups in total. The quantitative estimate of drug-likeness (QED) is 0.859. The van der Waals surface area contributed by atoms with Crippen LogP contribution < -0.4 is 5.32 Å². The maximum atomic E-state index is 11.8. The van der Waals surface area contributed by atoms with Gasteiger partial charge < -0.3 is 5.32 Å². The number of nitrogens with zero attached hydrogens (tertiary/aromatic N) is 1. The normalized spacial score (nSPS) is 21.1. The Morgan fingerprint density at radius 3 is 2.91 bits per heavy atom. The molecule has 0 aliphatic carbocycles. The van der Waals surface area contributed by atoms with Crippen molar-refractivity contribution in [1.82, 2.24) is 10.2 Å². The van der Waals surface area contributed by atoms with Gasteiger partial charge in [0.05, 0.1) is 6.54 Å². The van der Waals surface area contributed by atoms with Crippen molar-refractivity contribution in [2.45, 2.75) is 22.3 Å². The molecule has 2 aromatic rings. The second kappa shape index (κ2) is 6.19. The third kappa shape index (κ3) is 2.99. The highest BCUT2D eigenvalue weighted by atomic mass is 35.5. The molecular weight excluding hydrogens is 328 g/mol. The summed E-state index contributed by atoms with van der Waals surface area (Å²) in [6.45, 7) is 2.03. The Kier molecular flexibility index (Phi) is 4.05. The smallest absolute Gasteiger partial charge is 0.234 e. The predicted molar refractivity (Wildman–Crippen MR) is 93.0 cm³/mol. The number of carbonyl (C=O) groups excluding carboxylic acids is 1. The number of rotatable bonds is 1. The van der Waals surface area contributed by atoms with Crippen LogP contribution in [0.2, 0.25) is 5.02 Å². The Bertz CT molecular complexity index is 764. The largest absolute Gasteiger partial charge is 0.354 e. The Hall–Kier alpha value is -1.49. The van der Waals surface area contributed by atoms with Gasteiger partial charge in [-0.2, -0.15) is 0 Å². The highest BCUT2D eigenvalue weighted by Crippen LogP contribution is 2.43. The van der Waals surface area contributed by atoms with Crippen LogP contribution in [0.25, 0.3) is 0 Å². The molecule has 2 aromatic carbocycles. The average molecular weight is 345 g/mol. The van der Waals surface area contributed by atoms with Gasteiger partial charge >= 0.3 is 0 Å². The average Bonchev–Trinajstić information content (AvgIpc) is 2.71. The first-order valence-electron chi connectivity index (χ1n) is 7.76. The number of hydrogen-bond acceptors (Lipinski definition) is 3. The molecule has 0 radical (unpaired) electrons. The Balaban J connectivity index is 1.80. The van der Waals surface area contributed by atoms with Gasteiger partial charge in [0.1, 0.15) is 0 Å². The number of amides is 1. The summed E-state index contributed by atoms with van der Waals surface area (Å²) in [4.78, 5) is 16.6. The molecule has 4 rings (SSSR count). The second-order valence-electron chi connectivity index (χ2n) is 5.93. The summed E-state index contributed by atoms with van der Waals surface area (Å²) in [6.07, 6.45) is 0.907. The fraction of sp³-hybridized carbons (Fsp3) is 0.278. The van der Waals surface area contributed by atoms with Gasteiger partial charge in [0.25, 0.3) is 0 Å². The van der Waals surface area contributed by atoms with Crippen LogP contribution in [0.1, 0.15) is 17.2 Å². The summed E-state index contributed by atoms with van der Waals surface area (Å²) in [6, 6.07) is 14.8. The first-order valence-corrected chi connectivity index (χ1v) is 8.96. The minimum Gasteiger partial charge on any atom is -0.354 e. The van der Waals surface area contributed by atoms with Crippen LogP contribution in [0.15, 0.2) is 52.3 Å². The highest BCUT2D eigenvalue weighted by molar-refractivity contribution is 7.99. The molecule has 0 saturated carbocycles. The lowest BCUT2D eigenvalue weighted by Gasteiger charge is -2.34. The van der Waals surface area contributed by atoms with Crippen LogP contribution in [0.3, 0.4) is 0 Å². The number of halogens is 1. The van der Waals surface area contributed by atoms with E-state index in [0.29, 0.717) is 13.1 Å². The van der Waals surface area contributed by atoms with Gasteiger partial charge in [-0.05, 0) is 41.8 Å². The maximum Gasteiger partial charge on any atom is 0.234 e. The van der Waals surface area contributed by atoms with E-state index < -0.39 is 0 Å². The molecule has 0 bridgehead atoms. The Morgan fingerprint density at radius 1 is 1.17 bits per heavy atom. The van der Waals surface area contributed by atoms with Gasteiger partial charge in [-0.15, -0.1) is 0 Å². The van der Waals surface area contributed by atoms with Gasteiger partial charge in [-0.3, -0.25) is 9.69 Å². The molecule has 2 aliphatic heterocycles. The molecule has 1 atom stereocenters. The number of nitrogens with one attached hydrogen (secondary N) is 1. The van der Waals surface area contributed by atoms with E-state index in [9.17, 15) is 4.79 Å². The summed E-state index contributed by atoms with van der Waals surface area (Å²) < 4.78 is 0. The molecule has 1 unspecified atom stereocenters. The Morgan fingerprint density at radius 2 is 2.04 bits per heavy atom. The second-order valence-corrected chi connectivity index (χ2v) is 7.45. The van der Waals surface area contributed by atoms with Crippen molar-refractivity contribution >= 4 is 29.3 Å². The zero-order chi connectivity index (χ0) is 15.8. The van der Waals surface area contributed by atoms with E-state index in [-0.39, 0.29) is 11.9 Å². The summed E-state index contributed by atoms with van der Waals surface area (Å²) in [5.74, 6) is 0.102. The number of piperazine rings is 1. The van der Waals surface area contributed by atoms with E-state index in [1.165, 1.54) is 20.9 Å². The van der Waals surface area contributed by atoms with Crippen LogP contribution in [0.4, 0.5) is 0 Å². The molecule has 23 heavy (non-hydrogen) atoms. The van der Waals surface area contributed by atoms with Gasteiger partial charge in [0, 0.05) is 33.9 Å². The van der Waals surface area contributed by atoms with Crippen molar-refractivity contribution in [2.24, 2.45) is 0 Å².